The van der Waals surface area contributed by atoms with Gasteiger partial charge in [0.05, 0.1) is 16.8 Å². The maximum Gasteiger partial charge on any atom is 0.238 e. The number of thiophene rings is 1. The second-order valence-corrected chi connectivity index (χ2v) is 9.77. The van der Waals surface area contributed by atoms with Gasteiger partial charge in [0.25, 0.3) is 0 Å². The van der Waals surface area contributed by atoms with Crippen LogP contribution in [0.5, 0.6) is 0 Å². The molecule has 3 heterocycles. The van der Waals surface area contributed by atoms with Gasteiger partial charge in [0.2, 0.25) is 10.0 Å². The fourth-order valence-electron chi connectivity index (χ4n) is 3.64. The molecule has 9 heteroatoms. The monoisotopic (exact) mass is 403 g/mol. The number of anilines is 2. The Morgan fingerprint density at radius 2 is 2.04 bits per heavy atom. The van der Waals surface area contributed by atoms with E-state index in [0.717, 1.165) is 33.5 Å². The molecule has 1 aromatic carbocycles. The first-order valence-corrected chi connectivity index (χ1v) is 11.0. The number of benzene rings is 1. The lowest BCUT2D eigenvalue weighted by atomic mass is 10.1. The van der Waals surface area contributed by atoms with Crippen molar-refractivity contribution in [2.24, 2.45) is 5.14 Å². The maximum atomic E-state index is 11.6. The number of hydrogen-bond acceptors (Lipinski definition) is 7. The number of sulfonamides is 1. The van der Waals surface area contributed by atoms with Gasteiger partial charge in [0.1, 0.15) is 10.6 Å². The van der Waals surface area contributed by atoms with Crippen LogP contribution in [0.2, 0.25) is 0 Å². The number of nitrogen functional groups attached to an aromatic ring is 1. The summed E-state index contributed by atoms with van der Waals surface area (Å²) in [5.74, 6) is 1.17. The first-order valence-electron chi connectivity index (χ1n) is 8.59. The highest BCUT2D eigenvalue weighted by Gasteiger charge is 2.28. The Morgan fingerprint density at radius 1 is 1.30 bits per heavy atom. The molecule has 0 spiro atoms. The molecule has 0 amide bonds. The Labute approximate surface area is 162 Å². The van der Waals surface area contributed by atoms with Gasteiger partial charge in [-0.05, 0) is 56.5 Å². The first kappa shape index (κ1) is 18.1. The molecule has 142 valence electrons. The topological polar surface area (TPSA) is 115 Å². The average molecular weight is 404 g/mol. The number of primary sulfonamides is 1. The zero-order valence-electron chi connectivity index (χ0n) is 15.4. The third-order valence-corrected chi connectivity index (χ3v) is 7.16. The van der Waals surface area contributed by atoms with Crippen molar-refractivity contribution in [3.63, 3.8) is 0 Å². The van der Waals surface area contributed by atoms with Gasteiger partial charge in [-0.3, -0.25) is 0 Å². The largest absolute Gasteiger partial charge is 0.383 e. The van der Waals surface area contributed by atoms with Crippen molar-refractivity contribution < 1.29 is 8.42 Å². The number of aromatic nitrogens is 2. The fourth-order valence-corrected chi connectivity index (χ4v) is 5.26. The summed E-state index contributed by atoms with van der Waals surface area (Å²) in [4.78, 5) is 13.7. The van der Waals surface area contributed by atoms with E-state index in [0.29, 0.717) is 18.2 Å². The molecule has 0 saturated carbocycles. The van der Waals surface area contributed by atoms with E-state index in [1.54, 1.807) is 29.5 Å². The van der Waals surface area contributed by atoms with Crippen molar-refractivity contribution in [2.75, 3.05) is 10.6 Å². The number of fused-ring (bicyclic) bond motifs is 2. The number of rotatable bonds is 3. The van der Waals surface area contributed by atoms with E-state index < -0.39 is 10.0 Å². The van der Waals surface area contributed by atoms with E-state index in [9.17, 15) is 8.42 Å². The minimum Gasteiger partial charge on any atom is -0.383 e. The highest BCUT2D eigenvalue weighted by molar-refractivity contribution is 7.89. The van der Waals surface area contributed by atoms with Gasteiger partial charge < -0.3 is 10.6 Å². The summed E-state index contributed by atoms with van der Waals surface area (Å²) in [6.45, 7) is 6.70. The highest BCUT2D eigenvalue weighted by Crippen LogP contribution is 2.36. The van der Waals surface area contributed by atoms with Gasteiger partial charge in [-0.15, -0.1) is 11.3 Å². The van der Waals surface area contributed by atoms with E-state index in [2.05, 4.69) is 23.7 Å². The van der Waals surface area contributed by atoms with Crippen LogP contribution in [0.25, 0.3) is 10.2 Å². The Balaban J connectivity index is 1.71. The number of hydrogen-bond donors (Lipinski definition) is 2. The van der Waals surface area contributed by atoms with Crippen LogP contribution in [0.3, 0.4) is 0 Å². The minimum atomic E-state index is -3.71. The smallest absolute Gasteiger partial charge is 0.238 e. The molecule has 0 fully saturated rings. The zero-order valence-corrected chi connectivity index (χ0v) is 17.0. The van der Waals surface area contributed by atoms with Gasteiger partial charge in [-0.25, -0.2) is 23.5 Å². The molecule has 3 aromatic rings. The summed E-state index contributed by atoms with van der Waals surface area (Å²) in [7, 11) is -3.71. The first-order chi connectivity index (χ1) is 12.6. The lowest BCUT2D eigenvalue weighted by molar-refractivity contribution is 0.597. The molecule has 1 aliphatic heterocycles. The van der Waals surface area contributed by atoms with Crippen LogP contribution in [0.1, 0.15) is 28.8 Å². The van der Waals surface area contributed by atoms with Gasteiger partial charge in [0.15, 0.2) is 5.82 Å². The van der Waals surface area contributed by atoms with Crippen LogP contribution in [-0.2, 0) is 23.0 Å². The number of aryl methyl sites for hydroxylation is 2. The summed E-state index contributed by atoms with van der Waals surface area (Å²) in [5.41, 5.74) is 9.28. The quantitative estimate of drug-likeness (QED) is 0.694. The molecule has 0 aliphatic carbocycles. The molecule has 1 atom stereocenters. The van der Waals surface area contributed by atoms with Crippen LogP contribution < -0.4 is 15.8 Å². The van der Waals surface area contributed by atoms with E-state index in [1.807, 2.05) is 6.92 Å². The van der Waals surface area contributed by atoms with Gasteiger partial charge in [-0.1, -0.05) is 0 Å². The normalized spacial score (nSPS) is 16.9. The number of nitrogens with zero attached hydrogens (tertiary/aromatic N) is 3. The predicted octanol–water partition coefficient (Wildman–Crippen LogP) is 2.49. The van der Waals surface area contributed by atoms with Crippen molar-refractivity contribution in [1.29, 1.82) is 0 Å². The fraction of sp³-hybridized carbons (Fsp3) is 0.333. The summed E-state index contributed by atoms with van der Waals surface area (Å²) in [6, 6.07) is 5.21. The van der Waals surface area contributed by atoms with Crippen LogP contribution in [0.15, 0.2) is 23.1 Å². The van der Waals surface area contributed by atoms with Gasteiger partial charge >= 0.3 is 0 Å². The van der Waals surface area contributed by atoms with E-state index in [-0.39, 0.29) is 10.9 Å². The van der Waals surface area contributed by atoms with Crippen LogP contribution >= 0.6 is 11.3 Å². The lowest BCUT2D eigenvalue weighted by Crippen LogP contribution is -2.29. The third-order valence-electron chi connectivity index (χ3n) is 5.15. The van der Waals surface area contributed by atoms with Gasteiger partial charge in [0, 0.05) is 16.6 Å². The second kappa shape index (κ2) is 6.15. The molecule has 2 aromatic heterocycles. The van der Waals surface area contributed by atoms with Crippen molar-refractivity contribution >= 4 is 43.1 Å². The Morgan fingerprint density at radius 3 is 2.74 bits per heavy atom. The Hall–Kier alpha value is -2.23. The van der Waals surface area contributed by atoms with Crippen molar-refractivity contribution in [1.82, 2.24) is 9.97 Å². The van der Waals surface area contributed by atoms with Crippen molar-refractivity contribution in [3.05, 3.63) is 40.0 Å². The highest BCUT2D eigenvalue weighted by atomic mass is 32.2. The number of nitrogens with two attached hydrogens (primary N) is 2. The summed E-state index contributed by atoms with van der Waals surface area (Å²) >= 11 is 1.63. The van der Waals surface area contributed by atoms with Crippen LogP contribution in [0.4, 0.5) is 11.5 Å². The molecular formula is C18H21N5O2S2. The van der Waals surface area contributed by atoms with Crippen LogP contribution in [0, 0.1) is 13.8 Å². The summed E-state index contributed by atoms with van der Waals surface area (Å²) < 4.78 is 23.2. The van der Waals surface area contributed by atoms with Crippen LogP contribution in [-0.4, -0.2) is 24.4 Å². The molecule has 0 saturated heterocycles. The summed E-state index contributed by atoms with van der Waals surface area (Å²) in [5, 5.41) is 6.19. The second-order valence-electron chi connectivity index (χ2n) is 7.01. The van der Waals surface area contributed by atoms with Crippen molar-refractivity contribution in [3.8, 4) is 0 Å². The van der Waals surface area contributed by atoms with E-state index in [1.165, 1.54) is 4.88 Å². The SMILES string of the molecule is Cc1sc2nc(CN3c4ccc(S(N)(=O)=O)cc4C[C@@H]3C)nc(N)c2c1C. The molecule has 0 radical (unpaired) electrons. The standard InChI is InChI=1S/C18H21N5O2S2/c1-9-6-12-7-13(27(20,24)25)4-5-14(12)23(9)8-15-21-17(19)16-10(2)11(3)26-18(16)22-15/h4-5,7,9H,6,8H2,1-3H3,(H2,19,21,22)(H2,20,24,25)/t9-/m0/s1. The third kappa shape index (κ3) is 3.05. The molecule has 0 unspecified atom stereocenters. The minimum absolute atomic E-state index is 0.141. The predicted molar refractivity (Wildman–Crippen MR) is 108 cm³/mol. The Kier molecular flexibility index (Phi) is 4.13. The molecule has 4 rings (SSSR count). The van der Waals surface area contributed by atoms with Crippen molar-refractivity contribution in [2.45, 2.75) is 44.7 Å². The average Bonchev–Trinajstić information content (AvgIpc) is 3.03. The lowest BCUT2D eigenvalue weighted by Gasteiger charge is -2.24. The molecule has 4 N–H and O–H groups in total. The molecule has 0 bridgehead atoms. The molecule has 27 heavy (non-hydrogen) atoms. The molecule has 1 aliphatic rings. The molecular weight excluding hydrogens is 382 g/mol. The maximum absolute atomic E-state index is 11.6. The van der Waals surface area contributed by atoms with E-state index in [4.69, 9.17) is 15.9 Å². The Bertz CT molecular complexity index is 1170. The van der Waals surface area contributed by atoms with E-state index >= 15 is 0 Å². The summed E-state index contributed by atoms with van der Waals surface area (Å²) in [6.07, 6.45) is 0.744. The molecule has 7 nitrogen and oxygen atoms in total. The van der Waals surface area contributed by atoms with Gasteiger partial charge in [-0.2, -0.15) is 0 Å². The zero-order chi connectivity index (χ0) is 19.5.